The molecular weight excluding hydrogens is 275 g/mol. The summed E-state index contributed by atoms with van der Waals surface area (Å²) < 4.78 is 81.8. The highest BCUT2D eigenvalue weighted by Gasteiger charge is 2.47. The van der Waals surface area contributed by atoms with E-state index in [1.165, 1.54) is 0 Å². The van der Waals surface area contributed by atoms with Gasteiger partial charge in [-0.2, -0.15) is 21.6 Å². The first kappa shape index (κ1) is 15.6. The van der Waals surface area contributed by atoms with Gasteiger partial charge in [-0.1, -0.05) is 0 Å². The summed E-state index contributed by atoms with van der Waals surface area (Å²) in [6.45, 7) is -1.39. The fourth-order valence-electron chi connectivity index (χ4n) is 0.508. The van der Waals surface area contributed by atoms with E-state index in [2.05, 4.69) is 4.18 Å². The van der Waals surface area contributed by atoms with E-state index in [0.29, 0.717) is 4.31 Å². The van der Waals surface area contributed by atoms with Gasteiger partial charge in [0.2, 0.25) is 10.0 Å². The summed E-state index contributed by atoms with van der Waals surface area (Å²) in [5.74, 6) is 0. The molecule has 0 aromatic carbocycles. The smallest absolute Gasteiger partial charge is 0.262 e. The number of nitrogens with zero attached hydrogens (tertiary/aromatic N) is 1. The molecule has 0 aliphatic rings. The van der Waals surface area contributed by atoms with Crippen molar-refractivity contribution < 1.29 is 34.2 Å². The first-order valence-corrected chi connectivity index (χ1v) is 7.00. The van der Waals surface area contributed by atoms with Crippen LogP contribution >= 0.6 is 0 Å². The molecule has 0 N–H and O–H groups in total. The highest BCUT2D eigenvalue weighted by molar-refractivity contribution is 7.88. The van der Waals surface area contributed by atoms with E-state index in [1.807, 2.05) is 0 Å². The fraction of sp³-hybridized carbons (Fsp3) is 1.00. The maximum atomic E-state index is 11.7. The number of rotatable bonds is 5. The summed E-state index contributed by atoms with van der Waals surface area (Å²) in [4.78, 5) is 0. The minimum atomic E-state index is -5.66. The van der Waals surface area contributed by atoms with Gasteiger partial charge in [-0.3, -0.25) is 4.18 Å². The molecule has 0 saturated carbocycles. The summed E-state index contributed by atoms with van der Waals surface area (Å²) in [5.41, 5.74) is -5.50. The molecule has 0 saturated heterocycles. The van der Waals surface area contributed by atoms with E-state index in [9.17, 15) is 30.0 Å². The van der Waals surface area contributed by atoms with Gasteiger partial charge in [0.1, 0.15) is 0 Å². The third kappa shape index (κ3) is 4.63. The molecule has 16 heavy (non-hydrogen) atoms. The number of likely N-dealkylation sites (N-methyl/N-ethyl adjacent to an activating group) is 1. The summed E-state index contributed by atoms with van der Waals surface area (Å²) in [5, 5.41) is 0. The Labute approximate surface area is 91.2 Å². The molecule has 98 valence electrons. The molecule has 0 aromatic heterocycles. The minimum Gasteiger partial charge on any atom is -0.262 e. The van der Waals surface area contributed by atoms with Crippen LogP contribution in [0.5, 0.6) is 0 Å². The Hall–Kier alpha value is -0.390. The largest absolute Gasteiger partial charge is 0.523 e. The topological polar surface area (TPSA) is 80.8 Å². The van der Waals surface area contributed by atoms with Crippen LogP contribution in [0.4, 0.5) is 13.2 Å². The Morgan fingerprint density at radius 2 is 1.62 bits per heavy atom. The Balaban J connectivity index is 4.32. The second-order valence-electron chi connectivity index (χ2n) is 2.81. The van der Waals surface area contributed by atoms with Crippen LogP contribution in [-0.4, -0.2) is 53.1 Å². The highest BCUT2D eigenvalue weighted by Crippen LogP contribution is 2.24. The van der Waals surface area contributed by atoms with Crippen molar-refractivity contribution in [2.75, 3.05) is 26.5 Å². The number of halogens is 3. The maximum absolute atomic E-state index is 11.7. The van der Waals surface area contributed by atoms with E-state index in [4.69, 9.17) is 0 Å². The van der Waals surface area contributed by atoms with Gasteiger partial charge in [-0.05, 0) is 0 Å². The second-order valence-corrected chi connectivity index (χ2v) is 6.50. The Kier molecular flexibility index (Phi) is 4.74. The van der Waals surface area contributed by atoms with Crippen molar-refractivity contribution in [3.05, 3.63) is 0 Å². The molecule has 0 bridgehead atoms. The molecule has 0 amide bonds. The third-order valence-electron chi connectivity index (χ3n) is 1.49. The van der Waals surface area contributed by atoms with Gasteiger partial charge >= 0.3 is 15.6 Å². The van der Waals surface area contributed by atoms with Crippen LogP contribution in [0.25, 0.3) is 0 Å². The summed E-state index contributed by atoms with van der Waals surface area (Å²) in [6.07, 6.45) is 0.825. The van der Waals surface area contributed by atoms with Crippen LogP contribution in [0.2, 0.25) is 0 Å². The molecule has 0 atom stereocenters. The van der Waals surface area contributed by atoms with Gasteiger partial charge in [0.25, 0.3) is 0 Å². The number of sulfonamides is 1. The summed E-state index contributed by atoms with van der Waals surface area (Å²) in [7, 11) is -8.16. The van der Waals surface area contributed by atoms with E-state index < -0.39 is 38.8 Å². The van der Waals surface area contributed by atoms with Crippen LogP contribution in [0.1, 0.15) is 0 Å². The average molecular weight is 285 g/mol. The van der Waals surface area contributed by atoms with E-state index in [1.54, 1.807) is 0 Å². The molecule has 0 fully saturated rings. The normalized spacial score (nSPS) is 14.4. The predicted octanol–water partition coefficient (Wildman–Crippen LogP) is -0.256. The molecule has 0 unspecified atom stereocenters. The maximum Gasteiger partial charge on any atom is 0.523 e. The number of hydrogen-bond donors (Lipinski definition) is 0. The van der Waals surface area contributed by atoms with Gasteiger partial charge in [-0.25, -0.2) is 12.7 Å². The molecule has 0 rings (SSSR count). The molecule has 0 heterocycles. The van der Waals surface area contributed by atoms with Gasteiger partial charge in [0, 0.05) is 13.6 Å². The van der Waals surface area contributed by atoms with Crippen LogP contribution in [0.3, 0.4) is 0 Å². The molecule has 0 spiro atoms. The summed E-state index contributed by atoms with van der Waals surface area (Å²) in [6, 6.07) is 0. The van der Waals surface area contributed by atoms with Crippen molar-refractivity contribution in [3.63, 3.8) is 0 Å². The monoisotopic (exact) mass is 285 g/mol. The van der Waals surface area contributed by atoms with Crippen LogP contribution in [0, 0.1) is 0 Å². The van der Waals surface area contributed by atoms with Crippen molar-refractivity contribution >= 4 is 20.1 Å². The van der Waals surface area contributed by atoms with Gasteiger partial charge in [-0.15, -0.1) is 0 Å². The lowest BCUT2D eigenvalue weighted by molar-refractivity contribution is -0.0542. The van der Waals surface area contributed by atoms with Gasteiger partial charge < -0.3 is 0 Å². The van der Waals surface area contributed by atoms with E-state index >= 15 is 0 Å². The Morgan fingerprint density at radius 1 is 1.19 bits per heavy atom. The van der Waals surface area contributed by atoms with Crippen LogP contribution in [-0.2, 0) is 24.3 Å². The fourth-order valence-corrected chi connectivity index (χ4v) is 1.34. The first-order valence-electron chi connectivity index (χ1n) is 3.75. The SMILES string of the molecule is CN(CCOS(=O)(=O)C(F)(F)F)S(C)(=O)=O. The number of alkyl halides is 3. The predicted molar refractivity (Wildman–Crippen MR) is 48.4 cm³/mol. The molecule has 11 heteroatoms. The van der Waals surface area contributed by atoms with Crippen LogP contribution < -0.4 is 0 Å². The van der Waals surface area contributed by atoms with E-state index in [-0.39, 0.29) is 0 Å². The Bertz CT molecular complexity index is 425. The summed E-state index contributed by atoms with van der Waals surface area (Å²) >= 11 is 0. The molecule has 6 nitrogen and oxygen atoms in total. The van der Waals surface area contributed by atoms with Crippen molar-refractivity contribution in [3.8, 4) is 0 Å². The lowest BCUT2D eigenvalue weighted by Gasteiger charge is -2.14. The molecule has 0 aliphatic heterocycles. The van der Waals surface area contributed by atoms with Crippen LogP contribution in [0.15, 0.2) is 0 Å². The van der Waals surface area contributed by atoms with Crippen molar-refractivity contribution in [1.29, 1.82) is 0 Å². The molecule has 0 radical (unpaired) electrons. The van der Waals surface area contributed by atoms with Crippen molar-refractivity contribution in [2.45, 2.75) is 5.51 Å². The lowest BCUT2D eigenvalue weighted by atomic mass is 10.7. The Morgan fingerprint density at radius 3 is 1.94 bits per heavy atom. The standard InChI is InChI=1S/C5H10F3NO5S2/c1-9(15(2,10)11)3-4-14-16(12,13)5(6,7)8/h3-4H2,1-2H3. The second kappa shape index (κ2) is 4.85. The zero-order valence-corrected chi connectivity index (χ0v) is 9.99. The van der Waals surface area contributed by atoms with Crippen molar-refractivity contribution in [1.82, 2.24) is 4.31 Å². The zero-order chi connectivity index (χ0) is 13.2. The highest BCUT2D eigenvalue weighted by atomic mass is 32.2. The van der Waals surface area contributed by atoms with Crippen molar-refractivity contribution in [2.24, 2.45) is 0 Å². The molecule has 0 aromatic rings. The van der Waals surface area contributed by atoms with Gasteiger partial charge in [0.15, 0.2) is 0 Å². The molecular formula is C5H10F3NO5S2. The van der Waals surface area contributed by atoms with E-state index in [0.717, 1.165) is 13.3 Å². The lowest BCUT2D eigenvalue weighted by Crippen LogP contribution is -2.32. The average Bonchev–Trinajstić information content (AvgIpc) is 1.99. The quantitative estimate of drug-likeness (QED) is 0.514. The third-order valence-corrected chi connectivity index (χ3v) is 3.85. The zero-order valence-electron chi connectivity index (χ0n) is 8.35. The minimum absolute atomic E-state index is 0.492. The van der Waals surface area contributed by atoms with Gasteiger partial charge in [0.05, 0.1) is 12.9 Å². The number of hydrogen-bond acceptors (Lipinski definition) is 5. The molecule has 0 aliphatic carbocycles. The first-order chi connectivity index (χ1) is 6.88.